The number of rotatable bonds is 3. The first-order valence-corrected chi connectivity index (χ1v) is 5.57. The van der Waals surface area contributed by atoms with Crippen LogP contribution in [0, 0.1) is 11.3 Å². The van der Waals surface area contributed by atoms with E-state index in [0.717, 1.165) is 5.69 Å². The Balaban J connectivity index is 3.04. The highest BCUT2D eigenvalue weighted by molar-refractivity contribution is 6.42. The maximum atomic E-state index is 8.65. The molecule has 0 saturated heterocycles. The van der Waals surface area contributed by atoms with Crippen LogP contribution < -0.4 is 10.6 Å². The second-order valence-corrected chi connectivity index (χ2v) is 4.46. The van der Waals surface area contributed by atoms with Gasteiger partial charge < -0.3 is 10.6 Å². The molecule has 0 spiro atoms. The monoisotopic (exact) mass is 257 g/mol. The predicted octanol–water partition coefficient (Wildman–Crippen LogP) is 3.31. The number of anilines is 2. The lowest BCUT2D eigenvalue weighted by molar-refractivity contribution is 0.703. The van der Waals surface area contributed by atoms with Gasteiger partial charge in [-0.25, -0.2) is 0 Å². The first-order valence-electron chi connectivity index (χ1n) is 4.81. The lowest BCUT2D eigenvalue weighted by Crippen LogP contribution is -2.29. The summed E-state index contributed by atoms with van der Waals surface area (Å²) in [7, 11) is 1.87. The molecule has 16 heavy (non-hydrogen) atoms. The zero-order chi connectivity index (χ0) is 12.3. The Hall–Kier alpha value is -1.11. The van der Waals surface area contributed by atoms with Gasteiger partial charge in [-0.05, 0) is 19.1 Å². The maximum absolute atomic E-state index is 8.65. The van der Waals surface area contributed by atoms with E-state index < -0.39 is 0 Å². The summed E-state index contributed by atoms with van der Waals surface area (Å²) < 4.78 is 0. The third-order valence-electron chi connectivity index (χ3n) is 2.50. The van der Waals surface area contributed by atoms with Crippen LogP contribution in [-0.4, -0.2) is 13.1 Å². The molecule has 2 N–H and O–H groups in total. The van der Waals surface area contributed by atoms with E-state index in [1.807, 2.05) is 18.9 Å². The smallest absolute Gasteiger partial charge is 0.0643 e. The van der Waals surface area contributed by atoms with Crippen LogP contribution in [0.2, 0.25) is 10.0 Å². The van der Waals surface area contributed by atoms with Crippen LogP contribution in [-0.2, 0) is 0 Å². The first-order chi connectivity index (χ1) is 7.47. The van der Waals surface area contributed by atoms with Gasteiger partial charge in [-0.3, -0.25) is 0 Å². The first kappa shape index (κ1) is 13.0. The Bertz CT molecular complexity index is 426. The lowest BCUT2D eigenvalue weighted by Gasteiger charge is -2.26. The fourth-order valence-electron chi connectivity index (χ4n) is 1.36. The van der Waals surface area contributed by atoms with E-state index in [2.05, 4.69) is 6.07 Å². The van der Waals surface area contributed by atoms with Crippen molar-refractivity contribution in [2.75, 3.05) is 17.7 Å². The van der Waals surface area contributed by atoms with Crippen molar-refractivity contribution in [1.82, 2.24) is 0 Å². The second-order valence-electron chi connectivity index (χ2n) is 3.65. The summed E-state index contributed by atoms with van der Waals surface area (Å²) in [5.74, 6) is 0. The molecule has 1 aromatic carbocycles. The van der Waals surface area contributed by atoms with Gasteiger partial charge in [0.05, 0.1) is 33.9 Å². The van der Waals surface area contributed by atoms with Crippen LogP contribution in [0.4, 0.5) is 11.4 Å². The van der Waals surface area contributed by atoms with Crippen molar-refractivity contribution in [2.45, 2.75) is 19.4 Å². The molecular weight excluding hydrogens is 245 g/mol. The number of halogens is 2. The lowest BCUT2D eigenvalue weighted by atomic mass is 10.2. The molecule has 0 aliphatic rings. The largest absolute Gasteiger partial charge is 0.397 e. The van der Waals surface area contributed by atoms with Crippen LogP contribution in [0.3, 0.4) is 0 Å². The minimum absolute atomic E-state index is 0.0737. The van der Waals surface area contributed by atoms with E-state index in [9.17, 15) is 0 Å². The zero-order valence-corrected chi connectivity index (χ0v) is 10.7. The fraction of sp³-hybridized carbons (Fsp3) is 0.364. The number of nitriles is 1. The molecule has 1 rings (SSSR count). The third kappa shape index (κ3) is 2.72. The molecule has 0 bridgehead atoms. The van der Waals surface area contributed by atoms with Crippen LogP contribution in [0.15, 0.2) is 12.1 Å². The summed E-state index contributed by atoms with van der Waals surface area (Å²) in [5.41, 5.74) is 7.20. The van der Waals surface area contributed by atoms with Crippen molar-refractivity contribution < 1.29 is 0 Å². The molecule has 0 radical (unpaired) electrons. The highest BCUT2D eigenvalue weighted by atomic mass is 35.5. The van der Waals surface area contributed by atoms with Crippen molar-refractivity contribution in [3.05, 3.63) is 22.2 Å². The van der Waals surface area contributed by atoms with E-state index in [4.69, 9.17) is 34.2 Å². The molecule has 86 valence electrons. The summed E-state index contributed by atoms with van der Waals surface area (Å²) in [4.78, 5) is 1.92. The summed E-state index contributed by atoms with van der Waals surface area (Å²) in [5, 5.41) is 9.54. The van der Waals surface area contributed by atoms with Gasteiger partial charge >= 0.3 is 0 Å². The molecule has 3 nitrogen and oxygen atoms in total. The van der Waals surface area contributed by atoms with Gasteiger partial charge in [-0.1, -0.05) is 23.2 Å². The Morgan fingerprint density at radius 3 is 2.56 bits per heavy atom. The average molecular weight is 258 g/mol. The van der Waals surface area contributed by atoms with Gasteiger partial charge in [0, 0.05) is 13.1 Å². The minimum atomic E-state index is 0.0737. The van der Waals surface area contributed by atoms with E-state index in [1.54, 1.807) is 12.1 Å². The van der Waals surface area contributed by atoms with Crippen molar-refractivity contribution in [3.8, 4) is 6.07 Å². The van der Waals surface area contributed by atoms with E-state index in [1.165, 1.54) is 0 Å². The van der Waals surface area contributed by atoms with Gasteiger partial charge in [0.25, 0.3) is 0 Å². The van der Waals surface area contributed by atoms with Gasteiger partial charge in [0.2, 0.25) is 0 Å². The van der Waals surface area contributed by atoms with Crippen LogP contribution >= 0.6 is 23.2 Å². The third-order valence-corrected chi connectivity index (χ3v) is 3.22. The Morgan fingerprint density at radius 1 is 1.44 bits per heavy atom. The Morgan fingerprint density at radius 2 is 2.00 bits per heavy atom. The van der Waals surface area contributed by atoms with Gasteiger partial charge in [0.1, 0.15) is 0 Å². The topological polar surface area (TPSA) is 53.0 Å². The quantitative estimate of drug-likeness (QED) is 0.846. The summed E-state index contributed by atoms with van der Waals surface area (Å²) >= 11 is 11.8. The van der Waals surface area contributed by atoms with E-state index in [0.29, 0.717) is 22.2 Å². The van der Waals surface area contributed by atoms with Crippen molar-refractivity contribution >= 4 is 34.6 Å². The molecule has 1 unspecified atom stereocenters. The standard InChI is InChI=1S/C11H13Cl2N3/c1-7(3-4-14)16(2)11-6-9(13)8(12)5-10(11)15/h5-7H,3,15H2,1-2H3. The Kier molecular flexibility index (Phi) is 4.28. The van der Waals surface area contributed by atoms with Gasteiger partial charge in [0.15, 0.2) is 0 Å². The fourth-order valence-corrected chi connectivity index (χ4v) is 1.69. The van der Waals surface area contributed by atoms with Crippen molar-refractivity contribution in [3.63, 3.8) is 0 Å². The van der Waals surface area contributed by atoms with Crippen molar-refractivity contribution in [1.29, 1.82) is 5.26 Å². The maximum Gasteiger partial charge on any atom is 0.0643 e. The minimum Gasteiger partial charge on any atom is -0.397 e. The predicted molar refractivity (Wildman–Crippen MR) is 69.0 cm³/mol. The van der Waals surface area contributed by atoms with Crippen LogP contribution in [0.5, 0.6) is 0 Å². The van der Waals surface area contributed by atoms with Gasteiger partial charge in [-0.15, -0.1) is 0 Å². The average Bonchev–Trinajstić information content (AvgIpc) is 2.23. The zero-order valence-electron chi connectivity index (χ0n) is 9.17. The Labute approximate surface area is 105 Å². The molecule has 0 aliphatic carbocycles. The number of benzene rings is 1. The molecule has 0 aromatic heterocycles. The van der Waals surface area contributed by atoms with Crippen LogP contribution in [0.1, 0.15) is 13.3 Å². The molecule has 5 heteroatoms. The number of nitrogens with zero attached hydrogens (tertiary/aromatic N) is 2. The molecule has 0 saturated carbocycles. The number of nitrogen functional groups attached to an aromatic ring is 1. The number of hydrogen-bond acceptors (Lipinski definition) is 3. The van der Waals surface area contributed by atoms with Crippen molar-refractivity contribution in [2.24, 2.45) is 0 Å². The molecule has 0 amide bonds. The highest BCUT2D eigenvalue weighted by Crippen LogP contribution is 2.33. The second kappa shape index (κ2) is 5.29. The molecule has 0 heterocycles. The number of nitrogens with two attached hydrogens (primary N) is 1. The summed E-state index contributed by atoms with van der Waals surface area (Å²) in [6.07, 6.45) is 0.427. The summed E-state index contributed by atoms with van der Waals surface area (Å²) in [6, 6.07) is 5.53. The number of hydrogen-bond donors (Lipinski definition) is 1. The van der Waals surface area contributed by atoms with E-state index in [-0.39, 0.29) is 6.04 Å². The van der Waals surface area contributed by atoms with Crippen LogP contribution in [0.25, 0.3) is 0 Å². The van der Waals surface area contributed by atoms with Gasteiger partial charge in [-0.2, -0.15) is 5.26 Å². The normalized spacial score (nSPS) is 11.9. The molecule has 0 aliphatic heterocycles. The molecule has 0 fully saturated rings. The summed E-state index contributed by atoms with van der Waals surface area (Å²) in [6.45, 7) is 1.95. The highest BCUT2D eigenvalue weighted by Gasteiger charge is 2.14. The molecule has 1 aromatic rings. The van der Waals surface area contributed by atoms with E-state index >= 15 is 0 Å². The molecule has 1 atom stereocenters. The SMILES string of the molecule is CC(CC#N)N(C)c1cc(Cl)c(Cl)cc1N. The molecular formula is C11H13Cl2N3.